The topological polar surface area (TPSA) is 38.7 Å². The van der Waals surface area contributed by atoms with E-state index >= 15 is 0 Å². The summed E-state index contributed by atoms with van der Waals surface area (Å²) in [4.78, 5) is 0. The first-order valence-electron chi connectivity index (χ1n) is 4.23. The second-order valence-electron chi connectivity index (χ2n) is 3.54. The smallest absolute Gasteiger partial charge is 0.163 e. The molecule has 76 valence electrons. The molecule has 3 atom stereocenters. The number of aliphatic hydroxyl groups is 1. The average Bonchev–Trinajstić information content (AvgIpc) is 2.43. The minimum Gasteiger partial charge on any atom is -0.388 e. The molecule has 0 aromatic carbocycles. The van der Waals surface area contributed by atoms with Crippen LogP contribution in [0.25, 0.3) is 0 Å². The zero-order valence-corrected chi connectivity index (χ0v) is 8.62. The Morgan fingerprint density at radius 3 is 2.69 bits per heavy atom. The summed E-state index contributed by atoms with van der Waals surface area (Å²) in [6, 6.07) is 0. The maximum Gasteiger partial charge on any atom is 0.163 e. The zero-order valence-electron chi connectivity index (χ0n) is 7.87. The summed E-state index contributed by atoms with van der Waals surface area (Å²) in [7, 11) is 0. The quantitative estimate of drug-likeness (QED) is 0.559. The van der Waals surface area contributed by atoms with Gasteiger partial charge in [-0.2, -0.15) is 0 Å². The molecule has 1 heterocycles. The summed E-state index contributed by atoms with van der Waals surface area (Å²) in [5, 5.41) is 9.14. The zero-order chi connectivity index (χ0) is 10.1. The van der Waals surface area contributed by atoms with E-state index in [1.54, 1.807) is 13.8 Å². The predicted octanol–water partition coefficient (Wildman–Crippen LogP) is 1.29. The lowest BCUT2D eigenvalue weighted by atomic mass is 10.1. The van der Waals surface area contributed by atoms with Crippen molar-refractivity contribution < 1.29 is 14.6 Å². The van der Waals surface area contributed by atoms with Crippen molar-refractivity contribution in [1.29, 1.82) is 0 Å². The van der Waals surface area contributed by atoms with E-state index in [0.717, 1.165) is 0 Å². The highest BCUT2D eigenvalue weighted by molar-refractivity contribution is 6.22. The van der Waals surface area contributed by atoms with Crippen molar-refractivity contribution in [1.82, 2.24) is 0 Å². The summed E-state index contributed by atoms with van der Waals surface area (Å²) in [5.74, 6) is -0.622. The van der Waals surface area contributed by atoms with Crippen LogP contribution in [0.1, 0.15) is 13.8 Å². The average molecular weight is 207 g/mol. The van der Waals surface area contributed by atoms with E-state index in [9.17, 15) is 5.11 Å². The summed E-state index contributed by atoms with van der Waals surface area (Å²) >= 11 is 5.79. The SMILES string of the molecule is C=C[C@H](Cl)[C@@H](O)[C@H]1COC(C)(C)O1. The highest BCUT2D eigenvalue weighted by Gasteiger charge is 2.38. The molecule has 3 nitrogen and oxygen atoms in total. The third-order valence-electron chi connectivity index (χ3n) is 1.96. The van der Waals surface area contributed by atoms with Crippen LogP contribution in [0.2, 0.25) is 0 Å². The first kappa shape index (κ1) is 11.0. The molecule has 0 aromatic rings. The molecule has 13 heavy (non-hydrogen) atoms. The fourth-order valence-electron chi connectivity index (χ4n) is 1.23. The van der Waals surface area contributed by atoms with Crippen molar-refractivity contribution >= 4 is 11.6 Å². The number of hydrogen-bond acceptors (Lipinski definition) is 3. The Hall–Kier alpha value is -0.0900. The van der Waals surface area contributed by atoms with Crippen LogP contribution in [0.3, 0.4) is 0 Å². The Bertz CT molecular complexity index is 193. The molecule has 0 saturated carbocycles. The normalized spacial score (nSPS) is 31.2. The van der Waals surface area contributed by atoms with Gasteiger partial charge in [-0.1, -0.05) is 6.08 Å². The second-order valence-corrected chi connectivity index (χ2v) is 4.04. The molecule has 1 N–H and O–H groups in total. The van der Waals surface area contributed by atoms with Crippen molar-refractivity contribution in [2.24, 2.45) is 0 Å². The predicted molar refractivity (Wildman–Crippen MR) is 50.7 cm³/mol. The van der Waals surface area contributed by atoms with E-state index in [0.29, 0.717) is 6.61 Å². The molecule has 0 aromatic heterocycles. The van der Waals surface area contributed by atoms with Gasteiger partial charge in [-0.15, -0.1) is 18.2 Å². The molecular formula is C9H15ClO3. The summed E-state index contributed by atoms with van der Waals surface area (Å²) < 4.78 is 10.7. The van der Waals surface area contributed by atoms with Crippen LogP contribution in [-0.2, 0) is 9.47 Å². The maximum atomic E-state index is 9.64. The first-order valence-corrected chi connectivity index (χ1v) is 4.66. The van der Waals surface area contributed by atoms with Gasteiger partial charge in [0.05, 0.1) is 12.0 Å². The Balaban J connectivity index is 2.51. The lowest BCUT2D eigenvalue weighted by Crippen LogP contribution is -2.36. The van der Waals surface area contributed by atoms with Crippen molar-refractivity contribution in [3.63, 3.8) is 0 Å². The Morgan fingerprint density at radius 2 is 2.31 bits per heavy atom. The molecule has 1 aliphatic heterocycles. The van der Waals surface area contributed by atoms with Gasteiger partial charge >= 0.3 is 0 Å². The van der Waals surface area contributed by atoms with Crippen LogP contribution in [0.15, 0.2) is 12.7 Å². The number of hydrogen-bond donors (Lipinski definition) is 1. The maximum absolute atomic E-state index is 9.64. The van der Waals surface area contributed by atoms with E-state index < -0.39 is 17.3 Å². The number of ether oxygens (including phenoxy) is 2. The fourth-order valence-corrected chi connectivity index (χ4v) is 1.39. The third kappa shape index (κ3) is 2.68. The monoisotopic (exact) mass is 206 g/mol. The van der Waals surface area contributed by atoms with E-state index in [1.165, 1.54) is 6.08 Å². The largest absolute Gasteiger partial charge is 0.388 e. The van der Waals surface area contributed by atoms with E-state index in [2.05, 4.69) is 6.58 Å². The van der Waals surface area contributed by atoms with Gasteiger partial charge in [0, 0.05) is 0 Å². The standard InChI is InChI=1S/C9H15ClO3/c1-4-6(10)8(11)7-5-12-9(2,3)13-7/h4,6-8,11H,1,5H2,2-3H3/t6-,7+,8+/m0/s1. The van der Waals surface area contributed by atoms with Gasteiger partial charge in [-0.3, -0.25) is 0 Å². The van der Waals surface area contributed by atoms with Crippen LogP contribution >= 0.6 is 11.6 Å². The van der Waals surface area contributed by atoms with Crippen LogP contribution in [-0.4, -0.2) is 35.1 Å². The summed E-state index contributed by atoms with van der Waals surface area (Å²) in [6.45, 7) is 7.47. The van der Waals surface area contributed by atoms with E-state index in [1.807, 2.05) is 0 Å². The Kier molecular flexibility index (Phi) is 3.35. The highest BCUT2D eigenvalue weighted by atomic mass is 35.5. The molecule has 1 aliphatic rings. The molecule has 0 amide bonds. The Labute approximate surface area is 83.3 Å². The lowest BCUT2D eigenvalue weighted by Gasteiger charge is -2.21. The number of halogens is 1. The molecule has 0 aliphatic carbocycles. The van der Waals surface area contributed by atoms with Crippen LogP contribution in [0.4, 0.5) is 0 Å². The van der Waals surface area contributed by atoms with Crippen molar-refractivity contribution in [2.45, 2.75) is 37.2 Å². The number of aliphatic hydroxyl groups excluding tert-OH is 1. The van der Waals surface area contributed by atoms with Gasteiger partial charge in [0.15, 0.2) is 5.79 Å². The van der Waals surface area contributed by atoms with Gasteiger partial charge in [-0.25, -0.2) is 0 Å². The molecule has 0 unspecified atom stereocenters. The van der Waals surface area contributed by atoms with Crippen LogP contribution in [0.5, 0.6) is 0 Å². The van der Waals surface area contributed by atoms with Gasteiger partial charge in [-0.05, 0) is 13.8 Å². The summed E-state index contributed by atoms with van der Waals surface area (Å²) in [5.41, 5.74) is 0. The Morgan fingerprint density at radius 1 is 1.69 bits per heavy atom. The molecule has 0 radical (unpaired) electrons. The molecule has 0 bridgehead atoms. The van der Waals surface area contributed by atoms with Gasteiger partial charge < -0.3 is 14.6 Å². The minimum absolute atomic E-state index is 0.365. The van der Waals surface area contributed by atoms with Gasteiger partial charge in [0.1, 0.15) is 12.2 Å². The van der Waals surface area contributed by atoms with Gasteiger partial charge in [0.25, 0.3) is 0 Å². The third-order valence-corrected chi connectivity index (χ3v) is 2.40. The van der Waals surface area contributed by atoms with E-state index in [-0.39, 0.29) is 6.10 Å². The first-order chi connectivity index (χ1) is 5.96. The van der Waals surface area contributed by atoms with Crippen molar-refractivity contribution in [2.75, 3.05) is 6.61 Å². The molecule has 1 saturated heterocycles. The van der Waals surface area contributed by atoms with Crippen LogP contribution in [0, 0.1) is 0 Å². The highest BCUT2D eigenvalue weighted by Crippen LogP contribution is 2.26. The fraction of sp³-hybridized carbons (Fsp3) is 0.778. The molecule has 1 rings (SSSR count). The van der Waals surface area contributed by atoms with Crippen LogP contribution < -0.4 is 0 Å². The molecular weight excluding hydrogens is 192 g/mol. The van der Waals surface area contributed by atoms with Gasteiger partial charge in [0.2, 0.25) is 0 Å². The molecule has 4 heteroatoms. The summed E-state index contributed by atoms with van der Waals surface area (Å²) in [6.07, 6.45) is 0.359. The second kappa shape index (κ2) is 3.96. The molecule has 1 fully saturated rings. The van der Waals surface area contributed by atoms with E-state index in [4.69, 9.17) is 21.1 Å². The molecule has 0 spiro atoms. The van der Waals surface area contributed by atoms with Crippen molar-refractivity contribution in [3.05, 3.63) is 12.7 Å². The number of rotatable bonds is 3. The lowest BCUT2D eigenvalue weighted by molar-refractivity contribution is -0.150. The number of alkyl halides is 1. The minimum atomic E-state index is -0.763. The van der Waals surface area contributed by atoms with Crippen molar-refractivity contribution in [3.8, 4) is 0 Å².